The average molecular weight is 266 g/mol. The van der Waals surface area contributed by atoms with Gasteiger partial charge in [-0.2, -0.15) is 0 Å². The molecule has 0 saturated carbocycles. The highest BCUT2D eigenvalue weighted by atomic mass is 16.6. The molecule has 0 spiro atoms. The van der Waals surface area contributed by atoms with Crippen molar-refractivity contribution in [3.05, 3.63) is 0 Å². The molecule has 0 N–H and O–H groups in total. The fourth-order valence-corrected chi connectivity index (χ4v) is 1.07. The van der Waals surface area contributed by atoms with Gasteiger partial charge in [-0.3, -0.25) is 0 Å². The van der Waals surface area contributed by atoms with Crippen molar-refractivity contribution in [3.63, 3.8) is 0 Å². The summed E-state index contributed by atoms with van der Waals surface area (Å²) < 4.78 is 14.9. The Balaban J connectivity index is -0.0000000891. The molecular formula is C15H38O3. The third-order valence-corrected chi connectivity index (χ3v) is 2.66. The van der Waals surface area contributed by atoms with Gasteiger partial charge in [-0.25, -0.2) is 0 Å². The number of epoxide rings is 1. The maximum absolute atomic E-state index is 5.03. The van der Waals surface area contributed by atoms with Crippen molar-refractivity contribution in [2.75, 3.05) is 33.0 Å². The molecular weight excluding hydrogens is 228 g/mol. The van der Waals surface area contributed by atoms with Gasteiger partial charge in [-0.1, -0.05) is 43.6 Å². The summed E-state index contributed by atoms with van der Waals surface area (Å²) in [6.07, 6.45) is 1.69. The Morgan fingerprint density at radius 3 is 1.78 bits per heavy atom. The molecule has 1 unspecified atom stereocenters. The lowest BCUT2D eigenvalue weighted by atomic mass is 9.86. The molecule has 0 aromatic rings. The number of rotatable bonds is 4. The van der Waals surface area contributed by atoms with E-state index in [1.165, 1.54) is 6.42 Å². The second-order valence-corrected chi connectivity index (χ2v) is 4.27. The van der Waals surface area contributed by atoms with Crippen molar-refractivity contribution in [1.29, 1.82) is 0 Å². The van der Waals surface area contributed by atoms with Crippen LogP contribution in [0.5, 0.6) is 0 Å². The SMILES string of the molecule is C.C.C.C.CCC1(C)COC1.CCOCC1CO1. The van der Waals surface area contributed by atoms with Crippen LogP contribution in [0.2, 0.25) is 0 Å². The molecule has 2 aliphatic heterocycles. The van der Waals surface area contributed by atoms with E-state index in [1.807, 2.05) is 6.92 Å². The van der Waals surface area contributed by atoms with Crippen LogP contribution < -0.4 is 0 Å². The second kappa shape index (κ2) is 13.3. The molecule has 1 atom stereocenters. The van der Waals surface area contributed by atoms with Crippen molar-refractivity contribution in [2.45, 2.75) is 63.0 Å². The Kier molecular flexibility index (Phi) is 19.6. The van der Waals surface area contributed by atoms with Crippen molar-refractivity contribution in [1.82, 2.24) is 0 Å². The van der Waals surface area contributed by atoms with Crippen molar-refractivity contribution in [3.8, 4) is 0 Å². The molecule has 3 nitrogen and oxygen atoms in total. The lowest BCUT2D eigenvalue weighted by Gasteiger charge is -2.36. The highest BCUT2D eigenvalue weighted by molar-refractivity contribution is 4.78. The minimum absolute atomic E-state index is 0. The summed E-state index contributed by atoms with van der Waals surface area (Å²) in [7, 11) is 0. The zero-order valence-corrected chi connectivity index (χ0v) is 9.54. The van der Waals surface area contributed by atoms with Gasteiger partial charge >= 0.3 is 0 Å². The lowest BCUT2D eigenvalue weighted by molar-refractivity contribution is -0.103. The Labute approximate surface area is 116 Å². The third kappa shape index (κ3) is 11.0. The van der Waals surface area contributed by atoms with Crippen LogP contribution >= 0.6 is 0 Å². The maximum atomic E-state index is 5.03. The average Bonchev–Trinajstić information content (AvgIpc) is 2.95. The molecule has 0 aromatic heterocycles. The molecule has 18 heavy (non-hydrogen) atoms. The van der Waals surface area contributed by atoms with Crippen LogP contribution in [0.1, 0.15) is 56.9 Å². The smallest absolute Gasteiger partial charge is 0.104 e. The summed E-state index contributed by atoms with van der Waals surface area (Å²) in [5.74, 6) is 0. The summed E-state index contributed by atoms with van der Waals surface area (Å²) in [6, 6.07) is 0. The Hall–Kier alpha value is -0.120. The monoisotopic (exact) mass is 266 g/mol. The molecule has 3 heteroatoms. The maximum Gasteiger partial charge on any atom is 0.104 e. The first-order valence-corrected chi connectivity index (χ1v) is 5.47. The van der Waals surface area contributed by atoms with E-state index in [0.29, 0.717) is 11.5 Å². The van der Waals surface area contributed by atoms with E-state index in [4.69, 9.17) is 14.2 Å². The van der Waals surface area contributed by atoms with Gasteiger partial charge in [-0.15, -0.1) is 0 Å². The predicted molar refractivity (Wildman–Crippen MR) is 82.4 cm³/mol. The molecule has 0 radical (unpaired) electrons. The van der Waals surface area contributed by atoms with E-state index in [9.17, 15) is 0 Å². The summed E-state index contributed by atoms with van der Waals surface area (Å²) in [4.78, 5) is 0. The molecule has 0 aliphatic carbocycles. The van der Waals surface area contributed by atoms with Crippen LogP contribution in [0.3, 0.4) is 0 Å². The Morgan fingerprint density at radius 1 is 1.11 bits per heavy atom. The molecule has 0 amide bonds. The molecule has 2 rings (SSSR count). The number of hydrogen-bond acceptors (Lipinski definition) is 3. The minimum Gasteiger partial charge on any atom is -0.380 e. The highest BCUT2D eigenvalue weighted by Crippen LogP contribution is 2.29. The molecule has 0 aromatic carbocycles. The van der Waals surface area contributed by atoms with Crippen LogP contribution in [0.4, 0.5) is 0 Å². The zero-order chi connectivity index (χ0) is 10.4. The molecule has 2 fully saturated rings. The first-order chi connectivity index (χ1) is 6.70. The van der Waals surface area contributed by atoms with Crippen LogP contribution in [0.25, 0.3) is 0 Å². The molecule has 2 saturated heterocycles. The van der Waals surface area contributed by atoms with Crippen LogP contribution in [-0.4, -0.2) is 39.1 Å². The standard InChI is InChI=1S/C6H12O.C5H10O2.4CH4/c1-3-6(2)4-7-5-6;1-2-6-3-5-4-7-5;;;;/h3-5H2,1-2H3;5H,2-4H2,1H3;4*1H4. The van der Waals surface area contributed by atoms with Crippen molar-refractivity contribution < 1.29 is 14.2 Å². The van der Waals surface area contributed by atoms with Crippen molar-refractivity contribution >= 4 is 0 Å². The quantitative estimate of drug-likeness (QED) is 0.707. The molecule has 2 heterocycles. The summed E-state index contributed by atoms with van der Waals surface area (Å²) in [6.45, 7) is 10.9. The normalized spacial score (nSPS) is 21.2. The first kappa shape index (κ1) is 26.4. The molecule has 2 aliphatic rings. The van der Waals surface area contributed by atoms with E-state index < -0.39 is 0 Å². The van der Waals surface area contributed by atoms with Gasteiger partial charge in [-0.05, 0) is 13.3 Å². The fourth-order valence-electron chi connectivity index (χ4n) is 1.07. The third-order valence-electron chi connectivity index (χ3n) is 2.66. The van der Waals surface area contributed by atoms with Gasteiger partial charge in [0, 0.05) is 12.0 Å². The van der Waals surface area contributed by atoms with Gasteiger partial charge in [0.25, 0.3) is 0 Å². The summed E-state index contributed by atoms with van der Waals surface area (Å²) in [5, 5.41) is 0. The minimum atomic E-state index is 0. The predicted octanol–water partition coefficient (Wildman–Crippen LogP) is 4.40. The van der Waals surface area contributed by atoms with Gasteiger partial charge in [0.15, 0.2) is 0 Å². The largest absolute Gasteiger partial charge is 0.380 e. The topological polar surface area (TPSA) is 31.0 Å². The first-order valence-electron chi connectivity index (χ1n) is 5.47. The van der Waals surface area contributed by atoms with E-state index in [0.717, 1.165) is 33.0 Å². The molecule has 0 bridgehead atoms. The van der Waals surface area contributed by atoms with Crippen LogP contribution in [-0.2, 0) is 14.2 Å². The summed E-state index contributed by atoms with van der Waals surface area (Å²) in [5.41, 5.74) is 0.542. The van der Waals surface area contributed by atoms with Crippen LogP contribution in [0.15, 0.2) is 0 Å². The van der Waals surface area contributed by atoms with E-state index in [1.54, 1.807) is 0 Å². The van der Waals surface area contributed by atoms with Gasteiger partial charge in [0.1, 0.15) is 6.10 Å². The van der Waals surface area contributed by atoms with Gasteiger partial charge in [0.05, 0.1) is 26.4 Å². The fraction of sp³-hybridized carbons (Fsp3) is 1.00. The Bertz CT molecular complexity index is 146. The van der Waals surface area contributed by atoms with E-state index >= 15 is 0 Å². The van der Waals surface area contributed by atoms with Crippen LogP contribution in [0, 0.1) is 5.41 Å². The van der Waals surface area contributed by atoms with E-state index in [-0.39, 0.29) is 29.7 Å². The van der Waals surface area contributed by atoms with Gasteiger partial charge in [0.2, 0.25) is 0 Å². The zero-order valence-electron chi connectivity index (χ0n) is 9.54. The number of ether oxygens (including phenoxy) is 3. The lowest BCUT2D eigenvalue weighted by Crippen LogP contribution is -2.38. The highest BCUT2D eigenvalue weighted by Gasteiger charge is 2.30. The number of hydrogen-bond donors (Lipinski definition) is 0. The second-order valence-electron chi connectivity index (χ2n) is 4.27. The van der Waals surface area contributed by atoms with Gasteiger partial charge < -0.3 is 14.2 Å². The molecule has 116 valence electrons. The van der Waals surface area contributed by atoms with E-state index in [2.05, 4.69) is 13.8 Å². The summed E-state index contributed by atoms with van der Waals surface area (Å²) >= 11 is 0. The van der Waals surface area contributed by atoms with Crippen molar-refractivity contribution in [2.24, 2.45) is 5.41 Å². The Morgan fingerprint density at radius 2 is 1.61 bits per heavy atom.